The average molecular weight is 313 g/mol. The van der Waals surface area contributed by atoms with E-state index in [4.69, 9.17) is 16.1 Å². The first-order valence-corrected chi connectivity index (χ1v) is 7.55. The molecule has 0 atom stereocenters. The summed E-state index contributed by atoms with van der Waals surface area (Å²) in [7, 11) is 0. The van der Waals surface area contributed by atoms with Crippen LogP contribution >= 0.6 is 22.9 Å². The van der Waals surface area contributed by atoms with E-state index in [-0.39, 0.29) is 11.3 Å². The summed E-state index contributed by atoms with van der Waals surface area (Å²) in [6.45, 7) is 6.08. The Bertz CT molecular complexity index is 598. The Hall–Kier alpha value is -1.33. The van der Waals surface area contributed by atoms with Gasteiger partial charge in [0.15, 0.2) is 5.82 Å². The maximum Gasteiger partial charge on any atom is 0.225 e. The van der Waals surface area contributed by atoms with E-state index >= 15 is 0 Å². The molecular weight excluding hydrogens is 296 g/mol. The number of hydrogen-bond acceptors (Lipinski definition) is 4. The Kier molecular flexibility index (Phi) is 4.50. The van der Waals surface area contributed by atoms with E-state index in [1.807, 2.05) is 32.9 Å². The highest BCUT2D eigenvalue weighted by Gasteiger charge is 2.20. The molecule has 0 aliphatic heterocycles. The summed E-state index contributed by atoms with van der Waals surface area (Å²) in [6.07, 6.45) is 1.07. The molecule has 0 saturated carbocycles. The number of anilines is 1. The number of aromatic nitrogens is 1. The van der Waals surface area contributed by atoms with Gasteiger partial charge in [-0.15, -0.1) is 11.3 Å². The average Bonchev–Trinajstić information content (AvgIpc) is 2.95. The van der Waals surface area contributed by atoms with Crippen LogP contribution in [0.2, 0.25) is 4.34 Å². The SMILES string of the molecule is CC(C)(C)c1cc(NC(=O)CCc2ccc(Cl)s2)no1. The third kappa shape index (κ3) is 4.08. The number of amides is 1. The fraction of sp³-hybridized carbons (Fsp3) is 0.429. The first-order chi connectivity index (χ1) is 9.34. The van der Waals surface area contributed by atoms with Gasteiger partial charge in [0, 0.05) is 22.8 Å². The molecule has 2 aromatic rings. The van der Waals surface area contributed by atoms with Crippen LogP contribution in [0.4, 0.5) is 5.82 Å². The molecule has 0 fully saturated rings. The Morgan fingerprint density at radius 3 is 2.75 bits per heavy atom. The molecule has 2 heterocycles. The van der Waals surface area contributed by atoms with Gasteiger partial charge in [-0.3, -0.25) is 4.79 Å². The molecule has 1 N–H and O–H groups in total. The standard InChI is InChI=1S/C14H17ClN2O2S/c1-14(2,3)10-8-12(17-19-10)16-13(18)7-5-9-4-6-11(15)20-9/h4,6,8H,5,7H2,1-3H3,(H,16,17,18). The van der Waals surface area contributed by atoms with E-state index in [1.54, 1.807) is 6.07 Å². The molecule has 20 heavy (non-hydrogen) atoms. The van der Waals surface area contributed by atoms with E-state index < -0.39 is 0 Å². The van der Waals surface area contributed by atoms with Gasteiger partial charge in [0.05, 0.1) is 4.34 Å². The number of thiophene rings is 1. The second kappa shape index (κ2) is 5.97. The Balaban J connectivity index is 1.87. The van der Waals surface area contributed by atoms with Crippen molar-refractivity contribution in [1.29, 1.82) is 0 Å². The zero-order valence-corrected chi connectivity index (χ0v) is 13.3. The monoisotopic (exact) mass is 312 g/mol. The minimum absolute atomic E-state index is 0.0803. The fourth-order valence-electron chi connectivity index (χ4n) is 1.62. The number of nitrogens with one attached hydrogen (secondary N) is 1. The molecule has 0 unspecified atom stereocenters. The molecule has 1 amide bonds. The van der Waals surface area contributed by atoms with Crippen molar-refractivity contribution >= 4 is 34.7 Å². The molecular formula is C14H17ClN2O2S. The molecule has 0 spiro atoms. The quantitative estimate of drug-likeness (QED) is 0.917. The summed E-state index contributed by atoms with van der Waals surface area (Å²) in [4.78, 5) is 12.9. The molecule has 0 saturated heterocycles. The van der Waals surface area contributed by atoms with Crippen molar-refractivity contribution in [3.05, 3.63) is 33.2 Å². The molecule has 0 aromatic carbocycles. The minimum Gasteiger partial charge on any atom is -0.359 e. The molecule has 108 valence electrons. The Labute approximate surface area is 127 Å². The molecule has 0 radical (unpaired) electrons. The van der Waals surface area contributed by atoms with Gasteiger partial charge in [-0.05, 0) is 18.6 Å². The van der Waals surface area contributed by atoms with Crippen molar-refractivity contribution in [1.82, 2.24) is 5.16 Å². The number of hydrogen-bond donors (Lipinski definition) is 1. The topological polar surface area (TPSA) is 55.1 Å². The maximum atomic E-state index is 11.8. The first kappa shape index (κ1) is 15.1. The van der Waals surface area contributed by atoms with Crippen molar-refractivity contribution in [2.24, 2.45) is 0 Å². The van der Waals surface area contributed by atoms with Crippen LogP contribution in [0.25, 0.3) is 0 Å². The van der Waals surface area contributed by atoms with E-state index in [0.29, 0.717) is 18.7 Å². The Morgan fingerprint density at radius 2 is 2.20 bits per heavy atom. The summed E-state index contributed by atoms with van der Waals surface area (Å²) in [5, 5.41) is 6.60. The number of carbonyl (C=O) groups is 1. The van der Waals surface area contributed by atoms with Crippen LogP contribution in [-0.2, 0) is 16.6 Å². The fourth-order valence-corrected chi connectivity index (χ4v) is 2.70. The third-order valence-corrected chi connectivity index (χ3v) is 4.04. The van der Waals surface area contributed by atoms with Crippen LogP contribution in [-0.4, -0.2) is 11.1 Å². The van der Waals surface area contributed by atoms with E-state index in [9.17, 15) is 4.79 Å². The summed E-state index contributed by atoms with van der Waals surface area (Å²) in [5.41, 5.74) is -0.121. The minimum atomic E-state index is -0.121. The summed E-state index contributed by atoms with van der Waals surface area (Å²) in [5.74, 6) is 1.13. The van der Waals surface area contributed by atoms with Gasteiger partial charge in [0.1, 0.15) is 5.76 Å². The lowest BCUT2D eigenvalue weighted by Crippen LogP contribution is -2.12. The van der Waals surface area contributed by atoms with Crippen LogP contribution in [0.15, 0.2) is 22.7 Å². The molecule has 0 aliphatic rings. The van der Waals surface area contributed by atoms with E-state index in [2.05, 4.69) is 10.5 Å². The van der Waals surface area contributed by atoms with Crippen molar-refractivity contribution in [2.45, 2.75) is 39.0 Å². The summed E-state index contributed by atoms with van der Waals surface area (Å²) >= 11 is 7.34. The van der Waals surface area contributed by atoms with Gasteiger partial charge in [-0.1, -0.05) is 37.5 Å². The highest BCUT2D eigenvalue weighted by molar-refractivity contribution is 7.16. The first-order valence-electron chi connectivity index (χ1n) is 6.36. The highest BCUT2D eigenvalue weighted by atomic mass is 35.5. The number of nitrogens with zero attached hydrogens (tertiary/aromatic N) is 1. The van der Waals surface area contributed by atoms with Crippen molar-refractivity contribution < 1.29 is 9.32 Å². The summed E-state index contributed by atoms with van der Waals surface area (Å²) in [6, 6.07) is 5.54. The predicted octanol–water partition coefficient (Wildman–Crippen LogP) is 4.26. The largest absolute Gasteiger partial charge is 0.359 e. The Morgan fingerprint density at radius 1 is 1.45 bits per heavy atom. The maximum absolute atomic E-state index is 11.8. The van der Waals surface area contributed by atoms with Crippen LogP contribution < -0.4 is 5.32 Å². The van der Waals surface area contributed by atoms with E-state index in [1.165, 1.54) is 11.3 Å². The third-order valence-electron chi connectivity index (χ3n) is 2.74. The number of rotatable bonds is 4. The lowest BCUT2D eigenvalue weighted by Gasteiger charge is -2.11. The smallest absolute Gasteiger partial charge is 0.225 e. The lowest BCUT2D eigenvalue weighted by molar-refractivity contribution is -0.116. The van der Waals surface area contributed by atoms with Crippen molar-refractivity contribution in [3.63, 3.8) is 0 Å². The highest BCUT2D eigenvalue weighted by Crippen LogP contribution is 2.25. The van der Waals surface area contributed by atoms with Crippen molar-refractivity contribution in [2.75, 3.05) is 5.32 Å². The zero-order valence-electron chi connectivity index (χ0n) is 11.7. The molecule has 2 aromatic heterocycles. The van der Waals surface area contributed by atoms with Crippen LogP contribution in [0.5, 0.6) is 0 Å². The van der Waals surface area contributed by atoms with E-state index in [0.717, 1.165) is 15.0 Å². The van der Waals surface area contributed by atoms with Gasteiger partial charge in [-0.25, -0.2) is 0 Å². The van der Waals surface area contributed by atoms with Gasteiger partial charge in [0.25, 0.3) is 0 Å². The van der Waals surface area contributed by atoms with Gasteiger partial charge in [0.2, 0.25) is 5.91 Å². The van der Waals surface area contributed by atoms with Crippen LogP contribution in [0, 0.1) is 0 Å². The molecule has 0 bridgehead atoms. The van der Waals surface area contributed by atoms with Crippen LogP contribution in [0.3, 0.4) is 0 Å². The molecule has 2 rings (SSSR count). The number of carbonyl (C=O) groups excluding carboxylic acids is 1. The van der Waals surface area contributed by atoms with Crippen molar-refractivity contribution in [3.8, 4) is 0 Å². The second-order valence-electron chi connectivity index (χ2n) is 5.58. The normalized spacial score (nSPS) is 11.6. The van der Waals surface area contributed by atoms with Crippen LogP contribution in [0.1, 0.15) is 37.8 Å². The summed E-state index contributed by atoms with van der Waals surface area (Å²) < 4.78 is 5.96. The number of halogens is 1. The predicted molar refractivity (Wildman–Crippen MR) is 81.5 cm³/mol. The molecule has 0 aliphatic carbocycles. The lowest BCUT2D eigenvalue weighted by atomic mass is 9.93. The number of aryl methyl sites for hydroxylation is 1. The van der Waals surface area contributed by atoms with Gasteiger partial charge >= 0.3 is 0 Å². The molecule has 6 heteroatoms. The van der Waals surface area contributed by atoms with Gasteiger partial charge < -0.3 is 9.84 Å². The molecule has 4 nitrogen and oxygen atoms in total. The zero-order chi connectivity index (χ0) is 14.8. The van der Waals surface area contributed by atoms with Gasteiger partial charge in [-0.2, -0.15) is 0 Å². The second-order valence-corrected chi connectivity index (χ2v) is 7.38.